The largest absolute Gasteiger partial charge is 0.494 e. The van der Waals surface area contributed by atoms with Crippen molar-refractivity contribution in [1.82, 2.24) is 9.97 Å². The van der Waals surface area contributed by atoms with Gasteiger partial charge in [0.25, 0.3) is 11.6 Å². The fourth-order valence-electron chi connectivity index (χ4n) is 3.29. The zero-order valence-corrected chi connectivity index (χ0v) is 18.8. The van der Waals surface area contributed by atoms with Crippen LogP contribution in [0.25, 0.3) is 16.3 Å². The van der Waals surface area contributed by atoms with E-state index in [0.717, 1.165) is 15.8 Å². The average molecular weight is 461 g/mol. The minimum atomic E-state index is -0.468. The second-order valence-corrected chi connectivity index (χ2v) is 8.21. The predicted octanol–water partition coefficient (Wildman–Crippen LogP) is 5.16. The summed E-state index contributed by atoms with van der Waals surface area (Å²) in [5.41, 5.74) is 3.10. The molecule has 4 aromatic rings. The molecule has 9 heteroatoms. The quantitative estimate of drug-likeness (QED) is 0.215. The molecular weight excluding hydrogens is 440 g/mol. The van der Waals surface area contributed by atoms with Crippen LogP contribution >= 0.6 is 11.3 Å². The smallest absolute Gasteiger partial charge is 0.270 e. The van der Waals surface area contributed by atoms with Gasteiger partial charge < -0.3 is 4.74 Å². The summed E-state index contributed by atoms with van der Waals surface area (Å²) >= 11 is 1.41. The Balaban J connectivity index is 1.72. The van der Waals surface area contributed by atoms with Gasteiger partial charge in [0.05, 0.1) is 23.3 Å². The number of carbonyl (C=O) groups is 1. The van der Waals surface area contributed by atoms with Crippen LogP contribution in [0.2, 0.25) is 0 Å². The number of benzene rings is 2. The highest BCUT2D eigenvalue weighted by molar-refractivity contribution is 7.22. The van der Waals surface area contributed by atoms with Crippen LogP contribution in [0.1, 0.15) is 16.7 Å². The van der Waals surface area contributed by atoms with E-state index >= 15 is 0 Å². The van der Waals surface area contributed by atoms with Crippen molar-refractivity contribution in [3.8, 4) is 5.75 Å². The van der Waals surface area contributed by atoms with Gasteiger partial charge in [-0.3, -0.25) is 24.8 Å². The lowest BCUT2D eigenvalue weighted by Crippen LogP contribution is -2.28. The van der Waals surface area contributed by atoms with Crippen molar-refractivity contribution in [2.24, 2.45) is 0 Å². The topological polar surface area (TPSA) is 98.5 Å². The number of hydrogen-bond donors (Lipinski definition) is 0. The highest BCUT2D eigenvalue weighted by atomic mass is 32.1. The molecule has 0 aliphatic rings. The first-order chi connectivity index (χ1) is 16.0. The van der Waals surface area contributed by atoms with Crippen LogP contribution in [0, 0.1) is 17.0 Å². The summed E-state index contributed by atoms with van der Waals surface area (Å²) in [6, 6.07) is 13.6. The molecule has 2 heterocycles. The van der Waals surface area contributed by atoms with Crippen molar-refractivity contribution < 1.29 is 14.5 Å². The molecule has 0 saturated carbocycles. The predicted molar refractivity (Wildman–Crippen MR) is 128 cm³/mol. The van der Waals surface area contributed by atoms with E-state index in [-0.39, 0.29) is 18.1 Å². The molecule has 8 nitrogen and oxygen atoms in total. The molecule has 1 amide bonds. The monoisotopic (exact) mass is 460 g/mol. The highest BCUT2D eigenvalue weighted by Crippen LogP contribution is 2.37. The molecule has 0 radical (unpaired) electrons. The van der Waals surface area contributed by atoms with Crippen LogP contribution in [0.3, 0.4) is 0 Å². The van der Waals surface area contributed by atoms with Gasteiger partial charge in [-0.15, -0.1) is 0 Å². The Morgan fingerprint density at radius 1 is 1.24 bits per heavy atom. The fourth-order valence-corrected chi connectivity index (χ4v) is 4.35. The SMILES string of the molecule is COc1ccc(C)c2sc(N(Cc3cccnc3)C(=O)/C=C/c3cccc([N+](=O)[O-])c3)nc12. The summed E-state index contributed by atoms with van der Waals surface area (Å²) in [5, 5.41) is 11.6. The van der Waals surface area contributed by atoms with E-state index in [0.29, 0.717) is 22.0 Å². The molecule has 166 valence electrons. The number of pyridine rings is 1. The molecule has 33 heavy (non-hydrogen) atoms. The Bertz CT molecular complexity index is 1350. The van der Waals surface area contributed by atoms with Crippen LogP contribution in [-0.4, -0.2) is 27.9 Å². The minimum Gasteiger partial charge on any atom is -0.494 e. The van der Waals surface area contributed by atoms with Crippen molar-refractivity contribution >= 4 is 44.4 Å². The van der Waals surface area contributed by atoms with E-state index in [1.54, 1.807) is 42.6 Å². The molecule has 0 saturated heterocycles. The summed E-state index contributed by atoms with van der Waals surface area (Å²) in [6.07, 6.45) is 6.32. The van der Waals surface area contributed by atoms with Crippen molar-refractivity contribution in [2.75, 3.05) is 12.0 Å². The maximum absolute atomic E-state index is 13.3. The van der Waals surface area contributed by atoms with Crippen LogP contribution in [0.5, 0.6) is 5.75 Å². The first kappa shape index (κ1) is 22.1. The van der Waals surface area contributed by atoms with Gasteiger partial charge in [0, 0.05) is 30.6 Å². The normalized spacial score (nSPS) is 11.1. The Hall–Kier alpha value is -4.11. The van der Waals surface area contributed by atoms with Gasteiger partial charge in [0.2, 0.25) is 0 Å². The Kier molecular flexibility index (Phi) is 6.41. The number of thiazole rings is 1. The third-order valence-corrected chi connectivity index (χ3v) is 6.19. The lowest BCUT2D eigenvalue weighted by Gasteiger charge is -2.18. The number of fused-ring (bicyclic) bond motifs is 1. The maximum Gasteiger partial charge on any atom is 0.270 e. The van der Waals surface area contributed by atoms with Crippen molar-refractivity contribution in [2.45, 2.75) is 13.5 Å². The van der Waals surface area contributed by atoms with E-state index in [9.17, 15) is 14.9 Å². The lowest BCUT2D eigenvalue weighted by molar-refractivity contribution is -0.384. The zero-order chi connectivity index (χ0) is 23.4. The third-order valence-electron chi connectivity index (χ3n) is 4.97. The number of anilines is 1. The Morgan fingerprint density at radius 2 is 2.09 bits per heavy atom. The number of carbonyl (C=O) groups excluding carboxylic acids is 1. The average Bonchev–Trinajstić information content (AvgIpc) is 3.28. The molecule has 2 aromatic carbocycles. The van der Waals surface area contributed by atoms with E-state index in [2.05, 4.69) is 4.98 Å². The summed E-state index contributed by atoms with van der Waals surface area (Å²) in [5.74, 6) is 0.333. The van der Waals surface area contributed by atoms with E-state index in [1.807, 2.05) is 31.2 Å². The van der Waals surface area contributed by atoms with Crippen molar-refractivity contribution in [1.29, 1.82) is 0 Å². The molecule has 0 aliphatic carbocycles. The van der Waals surface area contributed by atoms with Crippen molar-refractivity contribution in [3.05, 3.63) is 93.8 Å². The number of ether oxygens (including phenoxy) is 1. The van der Waals surface area contributed by atoms with Crippen LogP contribution < -0.4 is 9.64 Å². The molecule has 2 aromatic heterocycles. The fraction of sp³-hybridized carbons (Fsp3) is 0.125. The van der Waals surface area contributed by atoms with Gasteiger partial charge in [0.1, 0.15) is 11.3 Å². The van der Waals surface area contributed by atoms with E-state index < -0.39 is 4.92 Å². The summed E-state index contributed by atoms with van der Waals surface area (Å²) in [6.45, 7) is 2.26. The second-order valence-electron chi connectivity index (χ2n) is 7.23. The summed E-state index contributed by atoms with van der Waals surface area (Å²) in [7, 11) is 1.59. The number of non-ortho nitro benzene ring substituents is 1. The van der Waals surface area contributed by atoms with Gasteiger partial charge >= 0.3 is 0 Å². The molecule has 0 bridgehead atoms. The molecule has 0 unspecified atom stereocenters. The van der Waals surface area contributed by atoms with Gasteiger partial charge in [-0.05, 0) is 41.8 Å². The maximum atomic E-state index is 13.3. The van der Waals surface area contributed by atoms with Crippen molar-refractivity contribution in [3.63, 3.8) is 0 Å². The summed E-state index contributed by atoms with van der Waals surface area (Å²) < 4.78 is 6.39. The molecule has 0 aliphatic heterocycles. The number of nitrogens with zero attached hydrogens (tertiary/aromatic N) is 4. The standard InChI is InChI=1S/C24H20N4O4S/c1-16-8-10-20(32-2)22-23(16)33-24(26-22)27(15-18-6-4-12-25-14-18)21(29)11-9-17-5-3-7-19(13-17)28(30)31/h3-14H,15H2,1-2H3/b11-9+. The number of methoxy groups -OCH3 is 1. The van der Waals surface area contributed by atoms with Crippen LogP contribution in [0.15, 0.2) is 67.0 Å². The first-order valence-corrected chi connectivity index (χ1v) is 10.8. The van der Waals surface area contributed by atoms with E-state index in [1.165, 1.54) is 29.5 Å². The molecule has 0 atom stereocenters. The molecular formula is C24H20N4O4S. The highest BCUT2D eigenvalue weighted by Gasteiger charge is 2.21. The third kappa shape index (κ3) is 4.88. The number of aromatic nitrogens is 2. The number of nitro groups is 1. The zero-order valence-electron chi connectivity index (χ0n) is 18.0. The molecule has 4 rings (SSSR count). The Labute approximate surface area is 193 Å². The molecule has 0 fully saturated rings. The van der Waals surface area contributed by atoms with Gasteiger partial charge in [-0.1, -0.05) is 35.6 Å². The van der Waals surface area contributed by atoms with Gasteiger partial charge in [-0.25, -0.2) is 4.98 Å². The minimum absolute atomic E-state index is 0.0365. The van der Waals surface area contributed by atoms with Gasteiger partial charge in [-0.2, -0.15) is 0 Å². The number of rotatable bonds is 7. The molecule has 0 spiro atoms. The molecule has 0 N–H and O–H groups in total. The number of hydrogen-bond acceptors (Lipinski definition) is 7. The van der Waals surface area contributed by atoms with E-state index in [4.69, 9.17) is 9.72 Å². The first-order valence-electron chi connectivity index (χ1n) is 10.0. The number of amides is 1. The number of nitro benzene ring substituents is 1. The second kappa shape index (κ2) is 9.58. The summed E-state index contributed by atoms with van der Waals surface area (Å²) in [4.78, 5) is 34.3. The Morgan fingerprint density at radius 3 is 2.82 bits per heavy atom. The lowest BCUT2D eigenvalue weighted by atomic mass is 10.2. The van der Waals surface area contributed by atoms with Crippen LogP contribution in [0.4, 0.5) is 10.8 Å². The van der Waals surface area contributed by atoms with Gasteiger partial charge in [0.15, 0.2) is 5.13 Å². The van der Waals surface area contributed by atoms with Crippen LogP contribution in [-0.2, 0) is 11.3 Å². The number of aryl methyl sites for hydroxylation is 1.